The van der Waals surface area contributed by atoms with Crippen LogP contribution in [0.25, 0.3) is 21.5 Å². The number of benzene rings is 2. The smallest absolute Gasteiger partial charge is 0.162 e. The first-order chi connectivity index (χ1) is 14.8. The number of aromatic nitrogens is 2. The maximum absolute atomic E-state index is 4.92. The molecule has 3 heterocycles. The molecule has 0 radical (unpaired) electrons. The van der Waals surface area contributed by atoms with Crippen LogP contribution in [0.3, 0.4) is 0 Å². The van der Waals surface area contributed by atoms with Crippen molar-refractivity contribution >= 4 is 27.2 Å². The highest BCUT2D eigenvalue weighted by molar-refractivity contribution is 7.17. The average molecular weight is 415 g/mol. The van der Waals surface area contributed by atoms with Gasteiger partial charge in [0.05, 0.1) is 0 Å². The predicted octanol–water partition coefficient (Wildman–Crippen LogP) is 5.74. The molecule has 0 bridgehead atoms. The first-order valence-corrected chi connectivity index (χ1v) is 11.5. The Morgan fingerprint density at radius 1 is 1.03 bits per heavy atom. The van der Waals surface area contributed by atoms with Crippen LogP contribution < -0.4 is 5.32 Å². The number of nitrogens with one attached hydrogen (secondary N) is 1. The third kappa shape index (κ3) is 4.09. The fraction of sp³-hybridized carbons (Fsp3) is 0.280. The molecule has 1 saturated heterocycles. The summed E-state index contributed by atoms with van der Waals surface area (Å²) in [7, 11) is 0. The largest absolute Gasteiger partial charge is 0.367 e. The molecule has 0 spiro atoms. The van der Waals surface area contributed by atoms with Crippen molar-refractivity contribution in [1.29, 1.82) is 0 Å². The van der Waals surface area contributed by atoms with E-state index in [1.165, 1.54) is 15.6 Å². The zero-order chi connectivity index (χ0) is 20.3. The second kappa shape index (κ2) is 8.54. The standard InChI is InChI=1S/C25H26N4S/c1-18-15-26-25(22-17-30-23-10-6-5-9-21(22)23)28-24(18)27-20-11-13-29(14-12-20)16-19-7-3-2-4-8-19/h2-10,15,17,20H,11-14,16H2,1H3,(H,26,27,28). The molecule has 4 nitrogen and oxygen atoms in total. The van der Waals surface area contributed by atoms with Gasteiger partial charge in [0.2, 0.25) is 0 Å². The molecule has 2 aromatic carbocycles. The Morgan fingerprint density at radius 2 is 1.80 bits per heavy atom. The van der Waals surface area contributed by atoms with Gasteiger partial charge in [-0.3, -0.25) is 4.90 Å². The van der Waals surface area contributed by atoms with Crippen molar-refractivity contribution < 1.29 is 0 Å². The number of thiophene rings is 1. The number of hydrogen-bond donors (Lipinski definition) is 1. The molecule has 4 aromatic rings. The summed E-state index contributed by atoms with van der Waals surface area (Å²) in [6, 6.07) is 19.7. The summed E-state index contributed by atoms with van der Waals surface area (Å²) in [6.45, 7) is 5.34. The van der Waals surface area contributed by atoms with E-state index in [1.54, 1.807) is 11.3 Å². The van der Waals surface area contributed by atoms with Gasteiger partial charge >= 0.3 is 0 Å². The highest BCUT2D eigenvalue weighted by Crippen LogP contribution is 2.32. The van der Waals surface area contributed by atoms with E-state index in [4.69, 9.17) is 4.98 Å². The van der Waals surface area contributed by atoms with E-state index in [9.17, 15) is 0 Å². The monoisotopic (exact) mass is 414 g/mol. The van der Waals surface area contributed by atoms with E-state index in [0.29, 0.717) is 6.04 Å². The highest BCUT2D eigenvalue weighted by Gasteiger charge is 2.20. The maximum atomic E-state index is 4.92. The molecule has 5 heteroatoms. The molecule has 0 saturated carbocycles. The van der Waals surface area contributed by atoms with Gasteiger partial charge in [0, 0.05) is 58.5 Å². The van der Waals surface area contributed by atoms with Crippen LogP contribution in [0.4, 0.5) is 5.82 Å². The van der Waals surface area contributed by atoms with Crippen molar-refractivity contribution in [2.24, 2.45) is 0 Å². The zero-order valence-electron chi connectivity index (χ0n) is 17.2. The van der Waals surface area contributed by atoms with Gasteiger partial charge in [-0.15, -0.1) is 11.3 Å². The molecule has 1 aliphatic rings. The Kier molecular flexibility index (Phi) is 5.47. The van der Waals surface area contributed by atoms with Crippen molar-refractivity contribution in [3.8, 4) is 11.4 Å². The molecule has 5 rings (SSSR count). The normalized spacial score (nSPS) is 15.5. The lowest BCUT2D eigenvalue weighted by molar-refractivity contribution is 0.211. The fourth-order valence-electron chi connectivity index (χ4n) is 4.14. The lowest BCUT2D eigenvalue weighted by Crippen LogP contribution is -2.38. The van der Waals surface area contributed by atoms with E-state index in [-0.39, 0.29) is 0 Å². The molecule has 30 heavy (non-hydrogen) atoms. The van der Waals surface area contributed by atoms with Crippen molar-refractivity contribution in [2.75, 3.05) is 18.4 Å². The third-order valence-corrected chi connectivity index (χ3v) is 6.83. The van der Waals surface area contributed by atoms with Gasteiger partial charge in [0.25, 0.3) is 0 Å². The highest BCUT2D eigenvalue weighted by atomic mass is 32.1. The lowest BCUT2D eigenvalue weighted by atomic mass is 10.0. The summed E-state index contributed by atoms with van der Waals surface area (Å²) in [5.74, 6) is 1.78. The number of piperidine rings is 1. The summed E-state index contributed by atoms with van der Waals surface area (Å²) in [6.07, 6.45) is 4.21. The summed E-state index contributed by atoms with van der Waals surface area (Å²) < 4.78 is 1.27. The van der Waals surface area contributed by atoms with E-state index in [2.05, 4.69) is 82.1 Å². The Balaban J connectivity index is 1.27. The minimum atomic E-state index is 0.456. The number of likely N-dealkylation sites (tertiary alicyclic amines) is 1. The molecule has 1 fully saturated rings. The van der Waals surface area contributed by atoms with Crippen molar-refractivity contribution in [2.45, 2.75) is 32.4 Å². The van der Waals surface area contributed by atoms with E-state index in [0.717, 1.165) is 55.2 Å². The zero-order valence-corrected chi connectivity index (χ0v) is 18.0. The average Bonchev–Trinajstić information content (AvgIpc) is 3.22. The minimum Gasteiger partial charge on any atom is -0.367 e. The van der Waals surface area contributed by atoms with Crippen molar-refractivity contribution in [1.82, 2.24) is 14.9 Å². The first-order valence-electron chi connectivity index (χ1n) is 10.6. The number of fused-ring (bicyclic) bond motifs is 1. The quantitative estimate of drug-likeness (QED) is 0.452. The summed E-state index contributed by atoms with van der Waals surface area (Å²) in [5, 5.41) is 7.11. The molecule has 1 aliphatic heterocycles. The van der Waals surface area contributed by atoms with Gasteiger partial charge in [-0.05, 0) is 31.4 Å². The second-order valence-electron chi connectivity index (χ2n) is 8.05. The van der Waals surface area contributed by atoms with Crippen molar-refractivity contribution in [3.05, 3.63) is 77.3 Å². The molecule has 1 N–H and O–H groups in total. The number of nitrogens with zero attached hydrogens (tertiary/aromatic N) is 3. The van der Waals surface area contributed by atoms with Crippen molar-refractivity contribution in [3.63, 3.8) is 0 Å². The van der Waals surface area contributed by atoms with Crippen LogP contribution in [-0.2, 0) is 6.54 Å². The predicted molar refractivity (Wildman–Crippen MR) is 126 cm³/mol. The Labute approximate surface area is 181 Å². The van der Waals surface area contributed by atoms with Gasteiger partial charge in [-0.2, -0.15) is 0 Å². The molecule has 152 valence electrons. The number of aryl methyl sites for hydroxylation is 1. The molecule has 0 unspecified atom stereocenters. The van der Waals surface area contributed by atoms with Gasteiger partial charge in [-0.25, -0.2) is 9.97 Å². The number of rotatable bonds is 5. The van der Waals surface area contributed by atoms with Crippen LogP contribution in [0.2, 0.25) is 0 Å². The third-order valence-electron chi connectivity index (χ3n) is 5.87. The Hall–Kier alpha value is -2.76. The summed E-state index contributed by atoms with van der Waals surface area (Å²) >= 11 is 1.75. The van der Waals surface area contributed by atoms with Crippen LogP contribution in [0.15, 0.2) is 66.2 Å². The van der Waals surface area contributed by atoms with Gasteiger partial charge in [0.1, 0.15) is 5.82 Å². The number of anilines is 1. The molecule has 0 atom stereocenters. The summed E-state index contributed by atoms with van der Waals surface area (Å²) in [4.78, 5) is 12.1. The van der Waals surface area contributed by atoms with Crippen LogP contribution in [-0.4, -0.2) is 34.0 Å². The van der Waals surface area contributed by atoms with Gasteiger partial charge in [0.15, 0.2) is 5.82 Å². The summed E-state index contributed by atoms with van der Waals surface area (Å²) in [5.41, 5.74) is 3.62. The lowest BCUT2D eigenvalue weighted by Gasteiger charge is -2.32. The number of hydrogen-bond acceptors (Lipinski definition) is 5. The fourth-order valence-corrected chi connectivity index (χ4v) is 5.08. The Bertz CT molecular complexity index is 1130. The molecular formula is C25H26N4S. The van der Waals surface area contributed by atoms with Crippen LogP contribution >= 0.6 is 11.3 Å². The minimum absolute atomic E-state index is 0.456. The SMILES string of the molecule is Cc1cnc(-c2csc3ccccc23)nc1NC1CCN(Cc2ccccc2)CC1. The maximum Gasteiger partial charge on any atom is 0.162 e. The van der Waals surface area contributed by atoms with Crippen LogP contribution in [0.5, 0.6) is 0 Å². The van der Waals surface area contributed by atoms with Gasteiger partial charge in [-0.1, -0.05) is 48.5 Å². The topological polar surface area (TPSA) is 41.1 Å². The van der Waals surface area contributed by atoms with E-state index >= 15 is 0 Å². The molecule has 2 aromatic heterocycles. The van der Waals surface area contributed by atoms with E-state index < -0.39 is 0 Å². The Morgan fingerprint density at radius 3 is 2.63 bits per heavy atom. The molecular weight excluding hydrogens is 388 g/mol. The van der Waals surface area contributed by atoms with Crippen LogP contribution in [0.1, 0.15) is 24.0 Å². The molecule has 0 aliphatic carbocycles. The second-order valence-corrected chi connectivity index (χ2v) is 8.96. The van der Waals surface area contributed by atoms with Crippen LogP contribution in [0, 0.1) is 6.92 Å². The van der Waals surface area contributed by atoms with E-state index in [1.807, 2.05) is 6.20 Å². The molecule has 0 amide bonds. The first kappa shape index (κ1) is 19.2. The van der Waals surface area contributed by atoms with Gasteiger partial charge < -0.3 is 5.32 Å².